The predicted octanol–water partition coefficient (Wildman–Crippen LogP) is 1.73. The van der Waals surface area contributed by atoms with E-state index in [1.807, 2.05) is 0 Å². The summed E-state index contributed by atoms with van der Waals surface area (Å²) >= 11 is 0. The Morgan fingerprint density at radius 3 is 2.35 bits per heavy atom. The van der Waals surface area contributed by atoms with Crippen molar-refractivity contribution in [2.45, 2.75) is 51.2 Å². The number of rotatable bonds is 5. The zero-order valence-corrected chi connectivity index (χ0v) is 11.4. The van der Waals surface area contributed by atoms with Gasteiger partial charge in [0.15, 0.2) is 0 Å². The Morgan fingerprint density at radius 2 is 1.94 bits per heavy atom. The quantitative estimate of drug-likeness (QED) is 0.747. The smallest absolute Gasteiger partial charge is 0.326 e. The molecule has 100 valence electrons. The van der Waals surface area contributed by atoms with Crippen LogP contribution in [0.3, 0.4) is 0 Å². The second kappa shape index (κ2) is 6.36. The average molecular weight is 243 g/mol. The van der Waals surface area contributed by atoms with Gasteiger partial charge in [0.1, 0.15) is 5.54 Å². The summed E-state index contributed by atoms with van der Waals surface area (Å²) in [6, 6.07) is 0. The topological polar surface area (TPSA) is 47.6 Å². The summed E-state index contributed by atoms with van der Waals surface area (Å²) in [4.78, 5) is 12.0. The number of carbonyl (C=O) groups excluding carboxylic acids is 1. The molecule has 0 heterocycles. The molecule has 0 unspecified atom stereocenters. The van der Waals surface area contributed by atoms with Crippen molar-refractivity contribution in [2.24, 2.45) is 5.92 Å². The third kappa shape index (κ3) is 3.68. The zero-order valence-electron chi connectivity index (χ0n) is 11.4. The Morgan fingerprint density at radius 1 is 1.35 bits per heavy atom. The van der Waals surface area contributed by atoms with Gasteiger partial charge >= 0.3 is 5.97 Å². The van der Waals surface area contributed by atoms with Crippen molar-refractivity contribution < 1.29 is 14.3 Å². The lowest BCUT2D eigenvalue weighted by Gasteiger charge is -2.38. The van der Waals surface area contributed by atoms with Crippen LogP contribution in [-0.2, 0) is 14.3 Å². The van der Waals surface area contributed by atoms with Crippen molar-refractivity contribution in [3.8, 4) is 0 Å². The zero-order chi connectivity index (χ0) is 12.9. The van der Waals surface area contributed by atoms with Crippen LogP contribution in [0.5, 0.6) is 0 Å². The van der Waals surface area contributed by atoms with E-state index < -0.39 is 5.54 Å². The lowest BCUT2D eigenvalue weighted by atomic mass is 9.80. The highest BCUT2D eigenvalue weighted by atomic mass is 16.5. The Bertz CT molecular complexity index is 245. The molecule has 0 spiro atoms. The molecule has 1 fully saturated rings. The number of ether oxygens (including phenoxy) is 2. The maximum Gasteiger partial charge on any atom is 0.326 e. The summed E-state index contributed by atoms with van der Waals surface area (Å²) in [6.45, 7) is 5.12. The van der Waals surface area contributed by atoms with Crippen LogP contribution in [0.25, 0.3) is 0 Å². The van der Waals surface area contributed by atoms with Crippen LogP contribution < -0.4 is 5.32 Å². The Balaban J connectivity index is 2.64. The Kier molecular flexibility index (Phi) is 5.40. The van der Waals surface area contributed by atoms with Crippen molar-refractivity contribution in [1.82, 2.24) is 5.32 Å². The fourth-order valence-electron chi connectivity index (χ4n) is 2.37. The number of nitrogens with one attached hydrogen (secondary N) is 1. The molecule has 1 saturated carbocycles. The van der Waals surface area contributed by atoms with E-state index in [4.69, 9.17) is 9.47 Å². The van der Waals surface area contributed by atoms with Crippen LogP contribution in [0.2, 0.25) is 0 Å². The lowest BCUT2D eigenvalue weighted by molar-refractivity contribution is -0.151. The van der Waals surface area contributed by atoms with Crippen molar-refractivity contribution in [3.63, 3.8) is 0 Å². The minimum Gasteiger partial charge on any atom is -0.468 e. The first-order chi connectivity index (χ1) is 8.04. The Labute approximate surface area is 104 Å². The third-order valence-electron chi connectivity index (χ3n) is 3.54. The van der Waals surface area contributed by atoms with Crippen LogP contribution in [0, 0.1) is 5.92 Å². The van der Waals surface area contributed by atoms with Crippen LogP contribution in [0.4, 0.5) is 0 Å². The number of carbonyl (C=O) groups is 1. The molecule has 0 aromatic rings. The standard InChI is InChI=1S/C13H25NO3/c1-10(2)9-14-13(12(15)17-4)7-5-11(16-3)6-8-13/h10-11,14H,5-9H2,1-4H3. The third-order valence-corrected chi connectivity index (χ3v) is 3.54. The molecule has 0 radical (unpaired) electrons. The van der Waals surface area contributed by atoms with Crippen LogP contribution in [0.15, 0.2) is 0 Å². The second-order valence-corrected chi connectivity index (χ2v) is 5.28. The molecule has 0 aromatic carbocycles. The van der Waals surface area contributed by atoms with E-state index in [1.165, 1.54) is 7.11 Å². The molecule has 1 N–H and O–H groups in total. The van der Waals surface area contributed by atoms with Crippen molar-refractivity contribution >= 4 is 5.97 Å². The Hall–Kier alpha value is -0.610. The SMILES string of the molecule is COC(=O)C1(NCC(C)C)CCC(OC)CC1. The largest absolute Gasteiger partial charge is 0.468 e. The highest BCUT2D eigenvalue weighted by molar-refractivity contribution is 5.80. The van der Waals surface area contributed by atoms with Gasteiger partial charge in [-0.05, 0) is 38.1 Å². The van der Waals surface area contributed by atoms with Gasteiger partial charge in [-0.15, -0.1) is 0 Å². The van der Waals surface area contributed by atoms with Crippen molar-refractivity contribution in [2.75, 3.05) is 20.8 Å². The fourth-order valence-corrected chi connectivity index (χ4v) is 2.37. The van der Waals surface area contributed by atoms with E-state index in [9.17, 15) is 4.79 Å². The predicted molar refractivity (Wildman–Crippen MR) is 66.9 cm³/mol. The van der Waals surface area contributed by atoms with Gasteiger partial charge in [-0.3, -0.25) is 4.79 Å². The normalized spacial score (nSPS) is 29.4. The van der Waals surface area contributed by atoms with Crippen molar-refractivity contribution in [1.29, 1.82) is 0 Å². The summed E-state index contributed by atoms with van der Waals surface area (Å²) in [5.74, 6) is 0.393. The molecule has 0 aromatic heterocycles. The molecule has 0 saturated heterocycles. The molecule has 4 heteroatoms. The molecule has 0 bridgehead atoms. The van der Waals surface area contributed by atoms with Gasteiger partial charge < -0.3 is 14.8 Å². The summed E-state index contributed by atoms with van der Waals surface area (Å²) in [5.41, 5.74) is -0.492. The monoisotopic (exact) mass is 243 g/mol. The van der Waals surface area contributed by atoms with E-state index in [0.29, 0.717) is 5.92 Å². The molecule has 0 aliphatic heterocycles. The summed E-state index contributed by atoms with van der Waals surface area (Å²) in [5, 5.41) is 3.40. The number of esters is 1. The molecule has 0 amide bonds. The maximum absolute atomic E-state index is 12.0. The summed E-state index contributed by atoms with van der Waals surface area (Å²) in [7, 11) is 3.20. The van der Waals surface area contributed by atoms with E-state index in [-0.39, 0.29) is 12.1 Å². The molecule has 0 atom stereocenters. The van der Waals surface area contributed by atoms with Crippen molar-refractivity contribution in [3.05, 3.63) is 0 Å². The summed E-state index contributed by atoms with van der Waals surface area (Å²) < 4.78 is 10.3. The fraction of sp³-hybridized carbons (Fsp3) is 0.923. The number of hydrogen-bond acceptors (Lipinski definition) is 4. The van der Waals surface area contributed by atoms with Gasteiger partial charge in [-0.1, -0.05) is 13.8 Å². The van der Waals surface area contributed by atoms with Gasteiger partial charge in [-0.25, -0.2) is 0 Å². The van der Waals surface area contributed by atoms with Gasteiger partial charge in [0.2, 0.25) is 0 Å². The minimum atomic E-state index is -0.492. The summed E-state index contributed by atoms with van der Waals surface area (Å²) in [6.07, 6.45) is 3.71. The number of hydrogen-bond donors (Lipinski definition) is 1. The second-order valence-electron chi connectivity index (χ2n) is 5.28. The van der Waals surface area contributed by atoms with E-state index in [2.05, 4.69) is 19.2 Å². The van der Waals surface area contributed by atoms with Gasteiger partial charge in [-0.2, -0.15) is 0 Å². The van der Waals surface area contributed by atoms with Gasteiger partial charge in [0.25, 0.3) is 0 Å². The molecule has 1 aliphatic carbocycles. The molecule has 1 aliphatic rings. The maximum atomic E-state index is 12.0. The highest BCUT2D eigenvalue weighted by Crippen LogP contribution is 2.31. The minimum absolute atomic E-state index is 0.132. The average Bonchev–Trinajstić information content (AvgIpc) is 2.36. The molecular weight excluding hydrogens is 218 g/mol. The van der Waals surface area contributed by atoms with Crippen LogP contribution >= 0.6 is 0 Å². The molecule has 4 nitrogen and oxygen atoms in total. The van der Waals surface area contributed by atoms with Gasteiger partial charge in [0.05, 0.1) is 13.2 Å². The van der Waals surface area contributed by atoms with Gasteiger partial charge in [0, 0.05) is 7.11 Å². The molecule has 1 rings (SSSR count). The van der Waals surface area contributed by atoms with E-state index in [1.54, 1.807) is 7.11 Å². The lowest BCUT2D eigenvalue weighted by Crippen LogP contribution is -2.56. The van der Waals surface area contributed by atoms with Crippen LogP contribution in [0.1, 0.15) is 39.5 Å². The van der Waals surface area contributed by atoms with E-state index >= 15 is 0 Å². The first kappa shape index (κ1) is 14.5. The molecule has 17 heavy (non-hydrogen) atoms. The molecular formula is C13H25NO3. The highest BCUT2D eigenvalue weighted by Gasteiger charge is 2.42. The first-order valence-electron chi connectivity index (χ1n) is 6.40. The number of methoxy groups -OCH3 is 2. The van der Waals surface area contributed by atoms with E-state index in [0.717, 1.165) is 32.2 Å². The first-order valence-corrected chi connectivity index (χ1v) is 6.40. The van der Waals surface area contributed by atoms with Crippen LogP contribution in [-0.4, -0.2) is 38.4 Å².